The highest BCUT2D eigenvalue weighted by atomic mass is 19.4. The number of methoxy groups -OCH3 is 1. The van der Waals surface area contributed by atoms with E-state index >= 15 is 0 Å². The van der Waals surface area contributed by atoms with Crippen molar-refractivity contribution in [3.63, 3.8) is 0 Å². The number of hydrogen-bond acceptors (Lipinski definition) is 3. The van der Waals surface area contributed by atoms with E-state index in [1.165, 1.54) is 13.2 Å². The predicted octanol–water partition coefficient (Wildman–Crippen LogP) is 2.11. The van der Waals surface area contributed by atoms with Crippen molar-refractivity contribution in [1.29, 1.82) is 0 Å². The van der Waals surface area contributed by atoms with Gasteiger partial charge in [0.15, 0.2) is 0 Å². The zero-order valence-corrected chi connectivity index (χ0v) is 9.47. The molecule has 0 radical (unpaired) electrons. The third-order valence-corrected chi connectivity index (χ3v) is 2.16. The first-order valence-corrected chi connectivity index (χ1v) is 4.97. The second-order valence-corrected chi connectivity index (χ2v) is 3.49. The molecule has 0 atom stereocenters. The summed E-state index contributed by atoms with van der Waals surface area (Å²) in [7, 11) is 1.20. The molecular weight excluding hydrogens is 254 g/mol. The molecule has 0 aliphatic carbocycles. The summed E-state index contributed by atoms with van der Waals surface area (Å²) in [5.74, 6) is -1.85. The van der Waals surface area contributed by atoms with Gasteiger partial charge in [0.1, 0.15) is 5.82 Å². The van der Waals surface area contributed by atoms with Crippen LogP contribution in [-0.2, 0) is 22.3 Å². The van der Waals surface area contributed by atoms with Crippen LogP contribution in [-0.4, -0.2) is 19.6 Å². The molecule has 1 N–H and O–H groups in total. The molecule has 7 heteroatoms. The van der Waals surface area contributed by atoms with E-state index in [1.54, 1.807) is 0 Å². The molecule has 100 valence electrons. The number of hydrogen-bond donors (Lipinski definition) is 1. The van der Waals surface area contributed by atoms with Crippen LogP contribution in [0.3, 0.4) is 0 Å². The SMILES string of the molecule is COC(=O)CNCc1ccc(F)c(C(F)(F)F)c1. The van der Waals surface area contributed by atoms with Gasteiger partial charge >= 0.3 is 12.1 Å². The average Bonchev–Trinajstić information content (AvgIpc) is 2.29. The molecule has 0 spiro atoms. The van der Waals surface area contributed by atoms with Crippen LogP contribution in [0.1, 0.15) is 11.1 Å². The molecule has 1 rings (SSSR count). The number of esters is 1. The van der Waals surface area contributed by atoms with E-state index in [-0.39, 0.29) is 18.7 Å². The Morgan fingerprint density at radius 2 is 2.06 bits per heavy atom. The zero-order valence-electron chi connectivity index (χ0n) is 9.47. The Labute approximate surface area is 101 Å². The van der Waals surface area contributed by atoms with Crippen molar-refractivity contribution in [2.24, 2.45) is 0 Å². The van der Waals surface area contributed by atoms with Gasteiger partial charge in [-0.2, -0.15) is 13.2 Å². The number of carbonyl (C=O) groups excluding carboxylic acids is 1. The van der Waals surface area contributed by atoms with Crippen LogP contribution in [0.2, 0.25) is 0 Å². The van der Waals surface area contributed by atoms with Gasteiger partial charge in [-0.1, -0.05) is 6.07 Å². The van der Waals surface area contributed by atoms with Crippen molar-refractivity contribution in [1.82, 2.24) is 5.32 Å². The fourth-order valence-corrected chi connectivity index (χ4v) is 1.28. The quantitative estimate of drug-likeness (QED) is 0.669. The second kappa shape index (κ2) is 5.81. The van der Waals surface area contributed by atoms with Crippen LogP contribution in [0.4, 0.5) is 17.6 Å². The molecule has 0 amide bonds. The van der Waals surface area contributed by atoms with E-state index in [0.29, 0.717) is 6.07 Å². The van der Waals surface area contributed by atoms with Gasteiger partial charge in [0.05, 0.1) is 19.2 Å². The summed E-state index contributed by atoms with van der Waals surface area (Å²) in [6, 6.07) is 2.67. The van der Waals surface area contributed by atoms with Gasteiger partial charge in [-0.05, 0) is 17.7 Å². The van der Waals surface area contributed by atoms with E-state index in [9.17, 15) is 22.4 Å². The monoisotopic (exact) mass is 265 g/mol. The third kappa shape index (κ3) is 3.99. The number of rotatable bonds is 4. The van der Waals surface area contributed by atoms with Gasteiger partial charge < -0.3 is 10.1 Å². The van der Waals surface area contributed by atoms with E-state index in [0.717, 1.165) is 6.07 Å². The molecule has 0 unspecified atom stereocenters. The lowest BCUT2D eigenvalue weighted by molar-refractivity contribution is -0.140. The minimum absolute atomic E-state index is 0.0124. The first kappa shape index (κ1) is 14.4. The first-order chi connectivity index (χ1) is 8.34. The van der Waals surface area contributed by atoms with Crippen molar-refractivity contribution in [2.45, 2.75) is 12.7 Å². The van der Waals surface area contributed by atoms with Crippen molar-refractivity contribution in [3.8, 4) is 0 Å². The molecular formula is C11H11F4NO2. The maximum Gasteiger partial charge on any atom is 0.419 e. The Morgan fingerprint density at radius 1 is 1.39 bits per heavy atom. The largest absolute Gasteiger partial charge is 0.468 e. The Balaban J connectivity index is 2.71. The maximum absolute atomic E-state index is 13.0. The summed E-state index contributed by atoms with van der Waals surface area (Å²) in [4.78, 5) is 10.8. The molecule has 0 bridgehead atoms. The number of halogens is 4. The molecule has 0 saturated heterocycles. The van der Waals surface area contributed by atoms with E-state index in [2.05, 4.69) is 10.1 Å². The molecule has 0 fully saturated rings. The highest BCUT2D eigenvalue weighted by Crippen LogP contribution is 2.31. The normalized spacial score (nSPS) is 11.4. The lowest BCUT2D eigenvalue weighted by Gasteiger charge is -2.10. The highest BCUT2D eigenvalue weighted by Gasteiger charge is 2.34. The molecule has 1 aromatic rings. The minimum Gasteiger partial charge on any atom is -0.468 e. The maximum atomic E-state index is 13.0. The number of benzene rings is 1. The first-order valence-electron chi connectivity index (χ1n) is 4.97. The Bertz CT molecular complexity index is 432. The molecule has 3 nitrogen and oxygen atoms in total. The number of ether oxygens (including phenoxy) is 1. The molecule has 0 aliphatic heterocycles. The molecule has 0 saturated carbocycles. The van der Waals surface area contributed by atoms with E-state index in [1.807, 2.05) is 0 Å². The zero-order chi connectivity index (χ0) is 13.8. The van der Waals surface area contributed by atoms with Gasteiger partial charge in [-0.15, -0.1) is 0 Å². The summed E-state index contributed by atoms with van der Waals surface area (Å²) >= 11 is 0. The highest BCUT2D eigenvalue weighted by molar-refractivity contribution is 5.71. The van der Waals surface area contributed by atoms with Crippen LogP contribution in [0.5, 0.6) is 0 Å². The smallest absolute Gasteiger partial charge is 0.419 e. The number of carbonyl (C=O) groups is 1. The summed E-state index contributed by atoms with van der Waals surface area (Å²) < 4.78 is 54.5. The van der Waals surface area contributed by atoms with Crippen LogP contribution < -0.4 is 5.32 Å². The summed E-state index contributed by atoms with van der Waals surface area (Å²) in [5.41, 5.74) is -1.09. The van der Waals surface area contributed by atoms with Crippen molar-refractivity contribution in [3.05, 3.63) is 35.1 Å². The van der Waals surface area contributed by atoms with Gasteiger partial charge in [0.2, 0.25) is 0 Å². The van der Waals surface area contributed by atoms with E-state index in [4.69, 9.17) is 0 Å². The van der Waals surface area contributed by atoms with Crippen LogP contribution in [0.25, 0.3) is 0 Å². The Hall–Kier alpha value is -1.63. The van der Waals surface area contributed by atoms with Crippen LogP contribution in [0.15, 0.2) is 18.2 Å². The van der Waals surface area contributed by atoms with Gasteiger partial charge in [-0.3, -0.25) is 4.79 Å². The number of nitrogens with one attached hydrogen (secondary N) is 1. The third-order valence-electron chi connectivity index (χ3n) is 2.16. The lowest BCUT2D eigenvalue weighted by Crippen LogP contribution is -2.23. The summed E-state index contributed by atoms with van der Waals surface area (Å²) in [6.45, 7) is -0.117. The summed E-state index contributed by atoms with van der Waals surface area (Å²) in [5, 5.41) is 2.59. The molecule has 0 aliphatic rings. The molecule has 0 aromatic heterocycles. The van der Waals surface area contributed by atoms with E-state index < -0.39 is 23.5 Å². The van der Waals surface area contributed by atoms with Gasteiger partial charge in [0.25, 0.3) is 0 Å². The molecule has 0 heterocycles. The average molecular weight is 265 g/mol. The second-order valence-electron chi connectivity index (χ2n) is 3.49. The predicted molar refractivity (Wildman–Crippen MR) is 55.1 cm³/mol. The number of alkyl halides is 3. The molecule has 18 heavy (non-hydrogen) atoms. The Morgan fingerprint density at radius 3 is 2.61 bits per heavy atom. The van der Waals surface area contributed by atoms with Crippen LogP contribution in [0, 0.1) is 5.82 Å². The van der Waals surface area contributed by atoms with Crippen molar-refractivity contribution < 1.29 is 27.1 Å². The van der Waals surface area contributed by atoms with Gasteiger partial charge in [-0.25, -0.2) is 4.39 Å². The van der Waals surface area contributed by atoms with Gasteiger partial charge in [0, 0.05) is 6.54 Å². The minimum atomic E-state index is -4.73. The molecule has 1 aromatic carbocycles. The van der Waals surface area contributed by atoms with Crippen LogP contribution >= 0.6 is 0 Å². The Kier molecular flexibility index (Phi) is 4.66. The fraction of sp³-hybridized carbons (Fsp3) is 0.364. The van der Waals surface area contributed by atoms with Crippen molar-refractivity contribution in [2.75, 3.05) is 13.7 Å². The fourth-order valence-electron chi connectivity index (χ4n) is 1.28. The summed E-state index contributed by atoms with van der Waals surface area (Å²) in [6.07, 6.45) is -4.73. The standard InChI is InChI=1S/C11H11F4NO2/c1-18-10(17)6-16-5-7-2-3-9(12)8(4-7)11(13,14)15/h2-4,16H,5-6H2,1H3. The topological polar surface area (TPSA) is 38.3 Å². The van der Waals surface area contributed by atoms with Crippen molar-refractivity contribution >= 4 is 5.97 Å². The lowest BCUT2D eigenvalue weighted by atomic mass is 10.1.